The summed E-state index contributed by atoms with van der Waals surface area (Å²) in [7, 11) is 1.90. The first-order chi connectivity index (χ1) is 11.7. The molecule has 0 aliphatic heterocycles. The second-order valence-electron chi connectivity index (χ2n) is 6.52. The van der Waals surface area contributed by atoms with Gasteiger partial charge in [-0.15, -0.1) is 11.3 Å². The van der Waals surface area contributed by atoms with E-state index in [-0.39, 0.29) is 12.2 Å². The average molecular weight is 359 g/mol. The SMILES string of the molecule is CN(CCO)c1ccc2nc(/C=C(\C#N)C(=O)OC(C)(C)C)sc2c1. The lowest BCUT2D eigenvalue weighted by atomic mass is 10.2. The van der Waals surface area contributed by atoms with E-state index < -0.39 is 11.6 Å². The molecule has 2 rings (SSSR count). The first-order valence-electron chi connectivity index (χ1n) is 7.81. The molecule has 1 aromatic carbocycles. The summed E-state index contributed by atoms with van der Waals surface area (Å²) in [5.41, 5.74) is 1.02. The van der Waals surface area contributed by atoms with Crippen LogP contribution in [-0.4, -0.2) is 41.9 Å². The number of esters is 1. The zero-order valence-corrected chi connectivity index (χ0v) is 15.6. The molecule has 1 heterocycles. The van der Waals surface area contributed by atoms with Gasteiger partial charge in [0, 0.05) is 19.3 Å². The molecule has 1 aromatic heterocycles. The highest BCUT2D eigenvalue weighted by molar-refractivity contribution is 7.19. The van der Waals surface area contributed by atoms with E-state index in [9.17, 15) is 10.1 Å². The average Bonchev–Trinajstić information content (AvgIpc) is 2.92. The van der Waals surface area contributed by atoms with Gasteiger partial charge in [0.15, 0.2) is 0 Å². The van der Waals surface area contributed by atoms with Crippen molar-refractivity contribution in [1.82, 2.24) is 4.98 Å². The van der Waals surface area contributed by atoms with Crippen molar-refractivity contribution >= 4 is 39.3 Å². The van der Waals surface area contributed by atoms with Crippen molar-refractivity contribution < 1.29 is 14.6 Å². The molecule has 1 N–H and O–H groups in total. The Morgan fingerprint density at radius 3 is 2.80 bits per heavy atom. The highest BCUT2D eigenvalue weighted by Gasteiger charge is 2.20. The first kappa shape index (κ1) is 18.9. The van der Waals surface area contributed by atoms with E-state index in [1.54, 1.807) is 20.8 Å². The number of nitriles is 1. The van der Waals surface area contributed by atoms with E-state index in [1.165, 1.54) is 17.4 Å². The summed E-state index contributed by atoms with van der Waals surface area (Å²) in [4.78, 5) is 18.4. The highest BCUT2D eigenvalue weighted by atomic mass is 32.1. The summed E-state index contributed by atoms with van der Waals surface area (Å²) in [6, 6.07) is 7.65. The van der Waals surface area contributed by atoms with Crippen molar-refractivity contribution in [2.24, 2.45) is 0 Å². The number of aliphatic hydroxyl groups is 1. The topological polar surface area (TPSA) is 86.5 Å². The van der Waals surface area contributed by atoms with E-state index in [1.807, 2.05) is 36.2 Å². The van der Waals surface area contributed by atoms with Gasteiger partial charge in [-0.25, -0.2) is 9.78 Å². The van der Waals surface area contributed by atoms with Gasteiger partial charge in [0.1, 0.15) is 22.3 Å². The Hall–Kier alpha value is -2.43. The summed E-state index contributed by atoms with van der Waals surface area (Å²) in [6.07, 6.45) is 1.45. The number of nitrogens with zero attached hydrogens (tertiary/aromatic N) is 3. The molecule has 0 atom stereocenters. The smallest absolute Gasteiger partial charge is 0.349 e. The number of carbonyl (C=O) groups is 1. The largest absolute Gasteiger partial charge is 0.456 e. The fourth-order valence-electron chi connectivity index (χ4n) is 2.10. The van der Waals surface area contributed by atoms with E-state index >= 15 is 0 Å². The Morgan fingerprint density at radius 1 is 1.48 bits per heavy atom. The van der Waals surface area contributed by atoms with Crippen LogP contribution in [0, 0.1) is 11.3 Å². The van der Waals surface area contributed by atoms with Gasteiger partial charge in [-0.05, 0) is 45.0 Å². The number of likely N-dealkylation sites (N-methyl/N-ethyl adjacent to an activating group) is 1. The standard InChI is InChI=1S/C18H21N3O3S/c1-18(2,3)24-17(23)12(11-19)9-16-20-14-6-5-13(10-15(14)25-16)21(4)7-8-22/h5-6,9-10,22H,7-8H2,1-4H3/b12-9+. The Kier molecular flexibility index (Phi) is 5.77. The molecule has 2 aromatic rings. The number of thiazole rings is 1. The van der Waals surface area contributed by atoms with Crippen LogP contribution in [0.2, 0.25) is 0 Å². The Labute approximate surface area is 151 Å². The first-order valence-corrected chi connectivity index (χ1v) is 8.63. The fourth-order valence-corrected chi connectivity index (χ4v) is 3.05. The Bertz CT molecular complexity index is 843. The summed E-state index contributed by atoms with van der Waals surface area (Å²) >= 11 is 1.39. The Morgan fingerprint density at radius 2 is 2.20 bits per heavy atom. The molecule has 0 saturated heterocycles. The van der Waals surface area contributed by atoms with Gasteiger partial charge in [-0.1, -0.05) is 0 Å². The van der Waals surface area contributed by atoms with Crippen LogP contribution < -0.4 is 4.90 Å². The lowest BCUT2D eigenvalue weighted by Gasteiger charge is -2.18. The summed E-state index contributed by atoms with van der Waals surface area (Å²) in [5.74, 6) is -0.655. The number of rotatable bonds is 5. The zero-order valence-electron chi connectivity index (χ0n) is 14.7. The van der Waals surface area contributed by atoms with E-state index in [4.69, 9.17) is 9.84 Å². The van der Waals surface area contributed by atoms with Crippen molar-refractivity contribution in [2.45, 2.75) is 26.4 Å². The molecule has 132 valence electrons. The van der Waals surface area contributed by atoms with Gasteiger partial charge in [0.25, 0.3) is 0 Å². The van der Waals surface area contributed by atoms with Gasteiger partial charge in [0.05, 0.1) is 16.8 Å². The Balaban J connectivity index is 2.31. The number of carbonyl (C=O) groups excluding carboxylic acids is 1. The third kappa shape index (κ3) is 5.02. The minimum Gasteiger partial charge on any atom is -0.456 e. The van der Waals surface area contributed by atoms with E-state index in [0.717, 1.165) is 15.9 Å². The van der Waals surface area contributed by atoms with Crippen LogP contribution in [-0.2, 0) is 9.53 Å². The molecule has 0 radical (unpaired) electrons. The lowest BCUT2D eigenvalue weighted by molar-refractivity contribution is -0.149. The molecule has 7 heteroatoms. The molecule has 0 saturated carbocycles. The van der Waals surface area contributed by atoms with Crippen LogP contribution in [0.1, 0.15) is 25.8 Å². The highest BCUT2D eigenvalue weighted by Crippen LogP contribution is 2.28. The molecule has 6 nitrogen and oxygen atoms in total. The third-order valence-electron chi connectivity index (χ3n) is 3.27. The van der Waals surface area contributed by atoms with Crippen LogP contribution in [0.15, 0.2) is 23.8 Å². The second-order valence-corrected chi connectivity index (χ2v) is 7.58. The summed E-state index contributed by atoms with van der Waals surface area (Å²) in [5, 5.41) is 18.8. The molecular formula is C18H21N3O3S. The van der Waals surface area contributed by atoms with Crippen molar-refractivity contribution in [1.29, 1.82) is 5.26 Å². The number of fused-ring (bicyclic) bond motifs is 1. The van der Waals surface area contributed by atoms with Crippen LogP contribution in [0.5, 0.6) is 0 Å². The third-order valence-corrected chi connectivity index (χ3v) is 4.24. The van der Waals surface area contributed by atoms with Gasteiger partial charge >= 0.3 is 5.97 Å². The predicted molar refractivity (Wildman–Crippen MR) is 99.4 cm³/mol. The molecular weight excluding hydrogens is 338 g/mol. The second kappa shape index (κ2) is 7.64. The molecule has 0 unspecified atom stereocenters. The molecule has 0 aliphatic rings. The maximum absolute atomic E-state index is 12.1. The lowest BCUT2D eigenvalue weighted by Crippen LogP contribution is -2.24. The van der Waals surface area contributed by atoms with E-state index in [0.29, 0.717) is 11.6 Å². The summed E-state index contributed by atoms with van der Waals surface area (Å²) in [6.45, 7) is 5.87. The predicted octanol–water partition coefficient (Wildman–Crippen LogP) is 2.97. The molecule has 0 amide bonds. The maximum Gasteiger partial charge on any atom is 0.349 e. The fraction of sp³-hybridized carbons (Fsp3) is 0.389. The number of anilines is 1. The van der Waals surface area contributed by atoms with Gasteiger partial charge < -0.3 is 14.7 Å². The van der Waals surface area contributed by atoms with Gasteiger partial charge in [-0.3, -0.25) is 0 Å². The van der Waals surface area contributed by atoms with Crippen LogP contribution in [0.4, 0.5) is 5.69 Å². The van der Waals surface area contributed by atoms with Crippen molar-refractivity contribution in [3.8, 4) is 6.07 Å². The van der Waals surface area contributed by atoms with Gasteiger partial charge in [-0.2, -0.15) is 5.26 Å². The number of hydrogen-bond donors (Lipinski definition) is 1. The van der Waals surface area contributed by atoms with Crippen LogP contribution >= 0.6 is 11.3 Å². The van der Waals surface area contributed by atoms with E-state index in [2.05, 4.69) is 4.98 Å². The van der Waals surface area contributed by atoms with Crippen molar-refractivity contribution in [2.75, 3.05) is 25.1 Å². The molecule has 25 heavy (non-hydrogen) atoms. The van der Waals surface area contributed by atoms with Crippen LogP contribution in [0.25, 0.3) is 16.3 Å². The van der Waals surface area contributed by atoms with Gasteiger partial charge in [0.2, 0.25) is 0 Å². The minimum absolute atomic E-state index is 0.0760. The maximum atomic E-state index is 12.1. The van der Waals surface area contributed by atoms with Crippen molar-refractivity contribution in [3.63, 3.8) is 0 Å². The monoisotopic (exact) mass is 359 g/mol. The number of aromatic nitrogens is 1. The molecule has 0 aliphatic carbocycles. The number of aliphatic hydroxyl groups excluding tert-OH is 1. The number of ether oxygens (including phenoxy) is 1. The molecule has 0 spiro atoms. The zero-order chi connectivity index (χ0) is 18.6. The van der Waals surface area contributed by atoms with Crippen LogP contribution in [0.3, 0.4) is 0 Å². The minimum atomic E-state index is -0.660. The summed E-state index contributed by atoms with van der Waals surface area (Å²) < 4.78 is 6.17. The normalized spacial score (nSPS) is 12.1. The molecule has 0 fully saturated rings. The number of hydrogen-bond acceptors (Lipinski definition) is 7. The molecule has 0 bridgehead atoms. The van der Waals surface area contributed by atoms with Crippen molar-refractivity contribution in [3.05, 3.63) is 28.8 Å². The number of benzene rings is 1. The quantitative estimate of drug-likeness (QED) is 0.502.